The van der Waals surface area contributed by atoms with Gasteiger partial charge in [0.1, 0.15) is 6.04 Å². The Morgan fingerprint density at radius 3 is 2.64 bits per heavy atom. The number of aliphatic carboxylic acids is 1. The Labute approximate surface area is 128 Å². The van der Waals surface area contributed by atoms with Crippen molar-refractivity contribution in [2.45, 2.75) is 30.3 Å². The molecule has 0 aliphatic carbocycles. The molecule has 120 valence electrons. The third kappa shape index (κ3) is 3.25. The number of sulfonamides is 1. The Balaban J connectivity index is 2.24. The molecule has 0 saturated carbocycles. The van der Waals surface area contributed by atoms with E-state index < -0.39 is 27.9 Å². The minimum atomic E-state index is -3.67. The van der Waals surface area contributed by atoms with Crippen LogP contribution < -0.4 is 4.72 Å². The summed E-state index contributed by atoms with van der Waals surface area (Å²) in [4.78, 5) is 28.7. The van der Waals surface area contributed by atoms with Crippen molar-refractivity contribution in [3.8, 4) is 0 Å². The van der Waals surface area contributed by atoms with E-state index in [9.17, 15) is 23.1 Å². The maximum atomic E-state index is 12.4. The molecule has 1 saturated heterocycles. The highest BCUT2D eigenvalue weighted by molar-refractivity contribution is 7.89. The molecule has 1 aromatic heterocycles. The molecular formula is C13H17N3O5S. The number of nitrogens with zero attached hydrogens (tertiary/aromatic N) is 2. The van der Waals surface area contributed by atoms with Gasteiger partial charge < -0.3 is 10.0 Å². The van der Waals surface area contributed by atoms with E-state index in [0.717, 1.165) is 19.0 Å². The predicted octanol–water partition coefficient (Wildman–Crippen LogP) is 0.0690. The van der Waals surface area contributed by atoms with E-state index in [0.29, 0.717) is 13.0 Å². The van der Waals surface area contributed by atoms with Gasteiger partial charge in [0.05, 0.1) is 5.56 Å². The largest absolute Gasteiger partial charge is 0.480 e. The highest BCUT2D eigenvalue weighted by atomic mass is 32.2. The molecule has 1 aliphatic heterocycles. The molecule has 2 rings (SSSR count). The topological polar surface area (TPSA) is 117 Å². The normalized spacial score (nSPS) is 19.0. The van der Waals surface area contributed by atoms with Crippen LogP contribution in [0.4, 0.5) is 0 Å². The van der Waals surface area contributed by atoms with Crippen molar-refractivity contribution in [1.29, 1.82) is 0 Å². The molecule has 22 heavy (non-hydrogen) atoms. The summed E-state index contributed by atoms with van der Waals surface area (Å²) < 4.78 is 25.3. The van der Waals surface area contributed by atoms with Crippen LogP contribution in [0.15, 0.2) is 23.4 Å². The van der Waals surface area contributed by atoms with E-state index in [2.05, 4.69) is 9.71 Å². The van der Waals surface area contributed by atoms with Crippen molar-refractivity contribution in [2.24, 2.45) is 0 Å². The number of carbonyl (C=O) groups is 2. The number of aromatic nitrogens is 1. The first-order chi connectivity index (χ1) is 10.4. The minimum Gasteiger partial charge on any atom is -0.480 e. The number of rotatable bonds is 4. The quantitative estimate of drug-likeness (QED) is 0.808. The van der Waals surface area contributed by atoms with Crippen LogP contribution in [0.1, 0.15) is 29.6 Å². The molecule has 1 fully saturated rings. The fraction of sp³-hybridized carbons (Fsp3) is 0.462. The first-order valence-electron chi connectivity index (χ1n) is 6.80. The molecule has 0 aromatic carbocycles. The van der Waals surface area contributed by atoms with E-state index in [1.165, 1.54) is 24.1 Å². The molecule has 8 nitrogen and oxygen atoms in total. The van der Waals surface area contributed by atoms with Crippen LogP contribution in [0.25, 0.3) is 0 Å². The number of hydrogen-bond acceptors (Lipinski definition) is 5. The fourth-order valence-electron chi connectivity index (χ4n) is 2.37. The standard InChI is InChI=1S/C13H17N3O5S/c1-14-22(20,21)11-6-5-9(8-15-11)12(17)16-7-3-2-4-10(16)13(18)19/h5-6,8,10,14H,2-4,7H2,1H3,(H,18,19). The van der Waals surface area contributed by atoms with Gasteiger partial charge in [-0.2, -0.15) is 0 Å². The van der Waals surface area contributed by atoms with E-state index in [1.54, 1.807) is 0 Å². The van der Waals surface area contributed by atoms with Crippen LogP contribution in [0.3, 0.4) is 0 Å². The van der Waals surface area contributed by atoms with Crippen molar-refractivity contribution >= 4 is 21.9 Å². The summed E-state index contributed by atoms with van der Waals surface area (Å²) in [6, 6.07) is 1.72. The number of hydrogen-bond donors (Lipinski definition) is 2. The molecule has 0 radical (unpaired) electrons. The average Bonchev–Trinajstić information content (AvgIpc) is 2.54. The SMILES string of the molecule is CNS(=O)(=O)c1ccc(C(=O)N2CCCCC2C(=O)O)cn1. The van der Waals surface area contributed by atoms with Crippen molar-refractivity contribution < 1.29 is 23.1 Å². The zero-order chi connectivity index (χ0) is 16.3. The summed E-state index contributed by atoms with van der Waals surface area (Å²) in [5.41, 5.74) is 0.170. The molecule has 2 N–H and O–H groups in total. The van der Waals surface area contributed by atoms with Crippen molar-refractivity contribution in [3.63, 3.8) is 0 Å². The lowest BCUT2D eigenvalue weighted by molar-refractivity contribution is -0.143. The second-order valence-electron chi connectivity index (χ2n) is 4.94. The van der Waals surface area contributed by atoms with Crippen molar-refractivity contribution in [1.82, 2.24) is 14.6 Å². The lowest BCUT2D eigenvalue weighted by Crippen LogP contribution is -2.48. The molecule has 1 atom stereocenters. The first kappa shape index (κ1) is 16.4. The van der Waals surface area contributed by atoms with Crippen LogP contribution in [-0.2, 0) is 14.8 Å². The maximum Gasteiger partial charge on any atom is 0.326 e. The van der Waals surface area contributed by atoms with Crippen molar-refractivity contribution in [2.75, 3.05) is 13.6 Å². The van der Waals surface area contributed by atoms with Crippen LogP contribution in [0.2, 0.25) is 0 Å². The van der Waals surface area contributed by atoms with Gasteiger partial charge in [0.25, 0.3) is 15.9 Å². The van der Waals surface area contributed by atoms with E-state index in [4.69, 9.17) is 0 Å². The molecule has 2 heterocycles. The smallest absolute Gasteiger partial charge is 0.326 e. The lowest BCUT2D eigenvalue weighted by Gasteiger charge is -2.32. The number of carboxylic acids is 1. The summed E-state index contributed by atoms with van der Waals surface area (Å²) in [6.45, 7) is 0.367. The van der Waals surface area contributed by atoms with Gasteiger partial charge in [-0.05, 0) is 38.4 Å². The number of carboxylic acid groups (broad SMARTS) is 1. The van der Waals surface area contributed by atoms with Gasteiger partial charge in [-0.15, -0.1) is 0 Å². The predicted molar refractivity (Wildman–Crippen MR) is 76.8 cm³/mol. The number of nitrogens with one attached hydrogen (secondary N) is 1. The van der Waals surface area contributed by atoms with Gasteiger partial charge in [0.2, 0.25) is 0 Å². The number of carbonyl (C=O) groups excluding carboxylic acids is 1. The van der Waals surface area contributed by atoms with Gasteiger partial charge in [-0.1, -0.05) is 0 Å². The van der Waals surface area contributed by atoms with Gasteiger partial charge in [-0.3, -0.25) is 4.79 Å². The monoisotopic (exact) mass is 327 g/mol. The van der Waals surface area contributed by atoms with Crippen LogP contribution in [-0.4, -0.2) is 54.9 Å². The zero-order valence-electron chi connectivity index (χ0n) is 12.0. The molecule has 9 heteroatoms. The van der Waals surface area contributed by atoms with E-state index >= 15 is 0 Å². The second-order valence-corrected chi connectivity index (χ2v) is 6.77. The van der Waals surface area contributed by atoms with Gasteiger partial charge in [0, 0.05) is 12.7 Å². The van der Waals surface area contributed by atoms with Crippen LogP contribution in [0.5, 0.6) is 0 Å². The number of amides is 1. The zero-order valence-corrected chi connectivity index (χ0v) is 12.8. The first-order valence-corrected chi connectivity index (χ1v) is 8.28. The Morgan fingerprint density at radius 2 is 2.09 bits per heavy atom. The lowest BCUT2D eigenvalue weighted by atomic mass is 10.0. The summed E-state index contributed by atoms with van der Waals surface area (Å²) in [5.74, 6) is -1.48. The van der Waals surface area contributed by atoms with Crippen LogP contribution in [0, 0.1) is 0 Å². The summed E-state index contributed by atoms with van der Waals surface area (Å²) in [5, 5.41) is 9.00. The molecule has 0 bridgehead atoms. The maximum absolute atomic E-state index is 12.4. The highest BCUT2D eigenvalue weighted by Crippen LogP contribution is 2.20. The van der Waals surface area contributed by atoms with Gasteiger partial charge in [-0.25, -0.2) is 22.9 Å². The number of piperidine rings is 1. The van der Waals surface area contributed by atoms with E-state index in [1.807, 2.05) is 0 Å². The third-order valence-electron chi connectivity index (χ3n) is 3.58. The summed E-state index contributed by atoms with van der Waals surface area (Å²) in [6.07, 6.45) is 3.08. The Morgan fingerprint density at radius 1 is 1.36 bits per heavy atom. The number of likely N-dealkylation sites (tertiary alicyclic amines) is 1. The minimum absolute atomic E-state index is 0.170. The fourth-order valence-corrected chi connectivity index (χ4v) is 3.02. The summed E-state index contributed by atoms with van der Waals surface area (Å²) >= 11 is 0. The van der Waals surface area contributed by atoms with Gasteiger partial charge >= 0.3 is 5.97 Å². The third-order valence-corrected chi connectivity index (χ3v) is 4.91. The molecule has 0 spiro atoms. The Bertz CT molecular complexity index is 671. The molecule has 1 aliphatic rings. The number of pyridine rings is 1. The average molecular weight is 327 g/mol. The molecular weight excluding hydrogens is 310 g/mol. The molecule has 1 unspecified atom stereocenters. The van der Waals surface area contributed by atoms with Crippen LogP contribution >= 0.6 is 0 Å². The summed E-state index contributed by atoms with van der Waals surface area (Å²) in [7, 11) is -2.40. The van der Waals surface area contributed by atoms with Gasteiger partial charge in [0.15, 0.2) is 5.03 Å². The Hall–Kier alpha value is -2.00. The van der Waals surface area contributed by atoms with Crippen molar-refractivity contribution in [3.05, 3.63) is 23.9 Å². The Kier molecular flexibility index (Phi) is 4.77. The highest BCUT2D eigenvalue weighted by Gasteiger charge is 2.32. The van der Waals surface area contributed by atoms with E-state index in [-0.39, 0.29) is 10.6 Å². The molecule has 1 amide bonds. The second kappa shape index (κ2) is 6.41. The molecule has 1 aromatic rings.